The maximum atomic E-state index is 12.5. The Bertz CT molecular complexity index is 542. The molecule has 0 unspecified atom stereocenters. The first kappa shape index (κ1) is 15.0. The van der Waals surface area contributed by atoms with Crippen molar-refractivity contribution in [2.45, 2.75) is 79.1 Å². The largest absolute Gasteiger partial charge is 0.299 e. The minimum Gasteiger partial charge on any atom is -0.299 e. The molecule has 0 aromatic rings. The maximum Gasteiger partial charge on any atom is 0.139 e. The van der Waals surface area contributed by atoms with E-state index in [9.17, 15) is 4.79 Å². The summed E-state index contributed by atoms with van der Waals surface area (Å²) in [5, 5.41) is 0. The van der Waals surface area contributed by atoms with Gasteiger partial charge in [-0.1, -0.05) is 45.8 Å². The Hall–Kier alpha value is -0.590. The zero-order chi connectivity index (χ0) is 15.8. The van der Waals surface area contributed by atoms with Gasteiger partial charge in [-0.25, -0.2) is 0 Å². The van der Waals surface area contributed by atoms with E-state index in [0.717, 1.165) is 24.7 Å². The Labute approximate surface area is 135 Å². The molecular formula is C21H32O. The average Bonchev–Trinajstić information content (AvgIpc) is 2.74. The fraction of sp³-hybridized carbons (Fsp3) is 0.857. The highest BCUT2D eigenvalue weighted by atomic mass is 16.1. The van der Waals surface area contributed by atoms with Crippen molar-refractivity contribution in [3.63, 3.8) is 0 Å². The lowest BCUT2D eigenvalue weighted by molar-refractivity contribution is -0.132. The van der Waals surface area contributed by atoms with Crippen molar-refractivity contribution in [2.75, 3.05) is 0 Å². The Morgan fingerprint density at radius 3 is 2.45 bits per heavy atom. The van der Waals surface area contributed by atoms with Crippen LogP contribution in [0.2, 0.25) is 0 Å². The van der Waals surface area contributed by atoms with Crippen LogP contribution in [0, 0.1) is 34.0 Å². The summed E-state index contributed by atoms with van der Waals surface area (Å²) in [5.41, 5.74) is 2.59. The van der Waals surface area contributed by atoms with Crippen molar-refractivity contribution in [3.05, 3.63) is 11.6 Å². The third-order valence-electron chi connectivity index (χ3n) is 8.40. The van der Waals surface area contributed by atoms with Crippen LogP contribution in [0.15, 0.2) is 11.6 Å². The topological polar surface area (TPSA) is 17.1 Å². The molecule has 0 bridgehead atoms. The molecule has 0 amide bonds. The van der Waals surface area contributed by atoms with Crippen molar-refractivity contribution in [3.8, 4) is 0 Å². The number of ketones is 1. The summed E-state index contributed by atoms with van der Waals surface area (Å²) in [6, 6.07) is 0. The summed E-state index contributed by atoms with van der Waals surface area (Å²) in [7, 11) is 0. The summed E-state index contributed by atoms with van der Waals surface area (Å²) >= 11 is 0. The smallest absolute Gasteiger partial charge is 0.139 e. The molecule has 3 fully saturated rings. The van der Waals surface area contributed by atoms with Crippen LogP contribution in [0.3, 0.4) is 0 Å². The van der Waals surface area contributed by atoms with Crippen LogP contribution in [0.25, 0.3) is 0 Å². The van der Waals surface area contributed by atoms with Crippen molar-refractivity contribution in [1.29, 1.82) is 0 Å². The van der Waals surface area contributed by atoms with Crippen LogP contribution in [0.5, 0.6) is 0 Å². The Balaban J connectivity index is 1.74. The number of hydrogen-bond donors (Lipinski definition) is 0. The van der Waals surface area contributed by atoms with Crippen LogP contribution < -0.4 is 0 Å². The number of Topliss-reactive ketones (excluding diaryl/α,β-unsaturated/α-hetero) is 1. The van der Waals surface area contributed by atoms with Gasteiger partial charge in [-0.2, -0.15) is 0 Å². The standard InChI is InChI=1S/C21H32O/c1-19(2)11-5-12-20(3)16-10-13-21(4)15(7-9-18(21)22)14(16)6-8-17(19)20/h8,14-16H,5-7,9-13H2,1-4H3/t14-,15-,16-,20+,21-/m0/s1. The number of hydrogen-bond acceptors (Lipinski definition) is 1. The molecule has 0 aromatic heterocycles. The van der Waals surface area contributed by atoms with Crippen molar-refractivity contribution >= 4 is 5.78 Å². The Morgan fingerprint density at radius 1 is 0.955 bits per heavy atom. The van der Waals surface area contributed by atoms with E-state index in [1.165, 1.54) is 38.5 Å². The first-order valence-corrected chi connectivity index (χ1v) is 9.53. The van der Waals surface area contributed by atoms with Gasteiger partial charge < -0.3 is 0 Å². The molecule has 4 aliphatic rings. The zero-order valence-corrected chi connectivity index (χ0v) is 14.9. The van der Waals surface area contributed by atoms with E-state index in [4.69, 9.17) is 0 Å². The molecule has 0 spiro atoms. The second-order valence-electron chi connectivity index (χ2n) is 9.80. The van der Waals surface area contributed by atoms with Gasteiger partial charge in [-0.15, -0.1) is 0 Å². The van der Waals surface area contributed by atoms with E-state index in [1.807, 2.05) is 0 Å². The summed E-state index contributed by atoms with van der Waals surface area (Å²) in [6.07, 6.45) is 12.4. The van der Waals surface area contributed by atoms with Gasteiger partial charge in [0.2, 0.25) is 0 Å². The molecule has 0 heterocycles. The molecule has 4 aliphatic carbocycles. The van der Waals surface area contributed by atoms with Gasteiger partial charge in [0.05, 0.1) is 0 Å². The predicted molar refractivity (Wildman–Crippen MR) is 90.5 cm³/mol. The third kappa shape index (κ3) is 1.74. The molecule has 3 saturated carbocycles. The number of allylic oxidation sites excluding steroid dienone is 2. The van der Waals surface area contributed by atoms with E-state index in [1.54, 1.807) is 5.57 Å². The molecule has 0 aliphatic heterocycles. The van der Waals surface area contributed by atoms with E-state index in [2.05, 4.69) is 33.8 Å². The Kier molecular flexibility index (Phi) is 3.05. The van der Waals surface area contributed by atoms with E-state index in [-0.39, 0.29) is 5.41 Å². The van der Waals surface area contributed by atoms with Crippen LogP contribution in [0.1, 0.15) is 79.1 Å². The van der Waals surface area contributed by atoms with Gasteiger partial charge in [0.15, 0.2) is 0 Å². The van der Waals surface area contributed by atoms with Crippen LogP contribution in [0.4, 0.5) is 0 Å². The fourth-order valence-corrected chi connectivity index (χ4v) is 7.27. The Morgan fingerprint density at radius 2 is 1.68 bits per heavy atom. The lowest BCUT2D eigenvalue weighted by Gasteiger charge is -2.59. The van der Waals surface area contributed by atoms with Gasteiger partial charge in [-0.05, 0) is 67.1 Å². The molecule has 4 rings (SSSR count). The molecule has 0 radical (unpaired) electrons. The van der Waals surface area contributed by atoms with Crippen LogP contribution in [-0.2, 0) is 4.79 Å². The number of carbonyl (C=O) groups excluding carboxylic acids is 1. The molecule has 0 N–H and O–H groups in total. The highest BCUT2D eigenvalue weighted by Crippen LogP contribution is 2.66. The second kappa shape index (κ2) is 4.48. The molecule has 22 heavy (non-hydrogen) atoms. The SMILES string of the molecule is CC1(C)CCC[C@@]2(C)C1=CC[C@@H]1[C@@H]2CC[C@]2(C)C(=O)CC[C@@H]12. The van der Waals surface area contributed by atoms with E-state index < -0.39 is 0 Å². The van der Waals surface area contributed by atoms with Gasteiger partial charge >= 0.3 is 0 Å². The molecule has 122 valence electrons. The monoisotopic (exact) mass is 300 g/mol. The quantitative estimate of drug-likeness (QED) is 0.536. The number of fused-ring (bicyclic) bond motifs is 5. The highest BCUT2D eigenvalue weighted by molar-refractivity contribution is 5.87. The second-order valence-corrected chi connectivity index (χ2v) is 9.80. The maximum absolute atomic E-state index is 12.5. The van der Waals surface area contributed by atoms with Crippen molar-refractivity contribution in [1.82, 2.24) is 0 Å². The normalized spacial score (nSPS) is 49.9. The van der Waals surface area contributed by atoms with Crippen molar-refractivity contribution < 1.29 is 4.79 Å². The lowest BCUT2D eigenvalue weighted by atomic mass is 9.45. The first-order chi connectivity index (χ1) is 10.3. The summed E-state index contributed by atoms with van der Waals surface area (Å²) < 4.78 is 0. The molecular weight excluding hydrogens is 268 g/mol. The predicted octanol–water partition coefficient (Wildman–Crippen LogP) is 5.54. The first-order valence-electron chi connectivity index (χ1n) is 9.53. The van der Waals surface area contributed by atoms with Crippen molar-refractivity contribution in [2.24, 2.45) is 34.0 Å². The van der Waals surface area contributed by atoms with Gasteiger partial charge in [0.1, 0.15) is 5.78 Å². The average molecular weight is 300 g/mol. The van der Waals surface area contributed by atoms with E-state index in [0.29, 0.717) is 22.5 Å². The molecule has 0 aromatic carbocycles. The third-order valence-corrected chi connectivity index (χ3v) is 8.40. The van der Waals surface area contributed by atoms with E-state index >= 15 is 0 Å². The summed E-state index contributed by atoms with van der Waals surface area (Å²) in [6.45, 7) is 9.77. The van der Waals surface area contributed by atoms with Crippen LogP contribution >= 0.6 is 0 Å². The minimum atomic E-state index is 0.0209. The van der Waals surface area contributed by atoms with Crippen LogP contribution in [-0.4, -0.2) is 5.78 Å². The molecule has 0 saturated heterocycles. The van der Waals surface area contributed by atoms with Gasteiger partial charge in [-0.3, -0.25) is 4.79 Å². The molecule has 5 atom stereocenters. The zero-order valence-electron chi connectivity index (χ0n) is 14.9. The fourth-order valence-electron chi connectivity index (χ4n) is 7.27. The van der Waals surface area contributed by atoms with Gasteiger partial charge in [0.25, 0.3) is 0 Å². The lowest BCUT2D eigenvalue weighted by Crippen LogP contribution is -2.51. The summed E-state index contributed by atoms with van der Waals surface area (Å²) in [4.78, 5) is 12.5. The minimum absolute atomic E-state index is 0.0209. The number of carbonyl (C=O) groups is 1. The van der Waals surface area contributed by atoms with Gasteiger partial charge in [0, 0.05) is 11.8 Å². The summed E-state index contributed by atoms with van der Waals surface area (Å²) in [5.74, 6) is 2.84. The number of rotatable bonds is 0. The highest BCUT2D eigenvalue weighted by Gasteiger charge is 2.59. The molecule has 1 nitrogen and oxygen atoms in total. The molecule has 1 heteroatoms.